The van der Waals surface area contributed by atoms with Crippen LogP contribution >= 0.6 is 27.3 Å². The van der Waals surface area contributed by atoms with Crippen molar-refractivity contribution in [3.8, 4) is 0 Å². The van der Waals surface area contributed by atoms with Crippen LogP contribution in [-0.2, 0) is 12.8 Å². The molecule has 0 N–H and O–H groups in total. The molecule has 0 nitrogen and oxygen atoms in total. The van der Waals surface area contributed by atoms with Gasteiger partial charge in [-0.15, -0.1) is 11.3 Å². The van der Waals surface area contributed by atoms with Gasteiger partial charge in [0.05, 0.1) is 4.83 Å². The SMILES string of the molecule is BrC(c1ccc2c(c1)CCC2)c1cccs1. The number of halogens is 1. The van der Waals surface area contributed by atoms with Gasteiger partial charge in [0.1, 0.15) is 0 Å². The zero-order chi connectivity index (χ0) is 11.0. The molecule has 1 aromatic heterocycles. The van der Waals surface area contributed by atoms with Gasteiger partial charge in [-0.2, -0.15) is 0 Å². The summed E-state index contributed by atoms with van der Waals surface area (Å²) in [6.07, 6.45) is 3.85. The first-order valence-electron chi connectivity index (χ1n) is 5.64. The minimum Gasteiger partial charge on any atom is -0.147 e. The summed E-state index contributed by atoms with van der Waals surface area (Å²) in [5, 5.41) is 2.14. The summed E-state index contributed by atoms with van der Waals surface area (Å²) >= 11 is 5.60. The van der Waals surface area contributed by atoms with E-state index in [0.717, 1.165) is 0 Å². The van der Waals surface area contributed by atoms with Gasteiger partial charge in [-0.1, -0.05) is 40.2 Å². The van der Waals surface area contributed by atoms with E-state index in [9.17, 15) is 0 Å². The summed E-state index contributed by atoms with van der Waals surface area (Å²) in [5.74, 6) is 0. The van der Waals surface area contributed by atoms with Crippen molar-refractivity contribution >= 4 is 27.3 Å². The molecule has 1 aromatic carbocycles. The van der Waals surface area contributed by atoms with Gasteiger partial charge in [0.2, 0.25) is 0 Å². The van der Waals surface area contributed by atoms with E-state index in [4.69, 9.17) is 0 Å². The third-order valence-corrected chi connectivity index (χ3v) is 5.47. The van der Waals surface area contributed by atoms with Gasteiger partial charge in [-0.25, -0.2) is 0 Å². The molecule has 0 spiro atoms. The Morgan fingerprint density at radius 2 is 2.00 bits per heavy atom. The van der Waals surface area contributed by atoms with E-state index >= 15 is 0 Å². The van der Waals surface area contributed by atoms with Crippen molar-refractivity contribution in [2.75, 3.05) is 0 Å². The predicted octanol–water partition coefficient (Wildman–Crippen LogP) is 4.72. The lowest BCUT2D eigenvalue weighted by Crippen LogP contribution is -1.92. The summed E-state index contributed by atoms with van der Waals surface area (Å²) in [6, 6.07) is 11.3. The maximum Gasteiger partial charge on any atom is 0.0738 e. The Kier molecular flexibility index (Phi) is 2.86. The standard InChI is InChI=1S/C14H13BrS/c15-14(13-5-2-8-16-13)12-7-6-10-3-1-4-11(10)9-12/h2,5-9,14H,1,3-4H2. The average molecular weight is 293 g/mol. The summed E-state index contributed by atoms with van der Waals surface area (Å²) in [6.45, 7) is 0. The Bertz CT molecular complexity index is 487. The lowest BCUT2D eigenvalue weighted by atomic mass is 10.0. The second kappa shape index (κ2) is 4.34. The number of aryl methyl sites for hydroxylation is 2. The molecule has 0 fully saturated rings. The van der Waals surface area contributed by atoms with Crippen LogP contribution in [0.3, 0.4) is 0 Å². The third-order valence-electron chi connectivity index (χ3n) is 3.21. The van der Waals surface area contributed by atoms with E-state index in [2.05, 4.69) is 51.6 Å². The van der Waals surface area contributed by atoms with Crippen LogP contribution in [0.2, 0.25) is 0 Å². The van der Waals surface area contributed by atoms with Crippen molar-refractivity contribution in [2.24, 2.45) is 0 Å². The second-order valence-electron chi connectivity index (χ2n) is 4.26. The van der Waals surface area contributed by atoms with Crippen molar-refractivity contribution in [3.05, 3.63) is 57.3 Å². The number of fused-ring (bicyclic) bond motifs is 1. The number of hydrogen-bond donors (Lipinski definition) is 0. The van der Waals surface area contributed by atoms with Crippen molar-refractivity contribution in [3.63, 3.8) is 0 Å². The van der Waals surface area contributed by atoms with Crippen molar-refractivity contribution < 1.29 is 0 Å². The van der Waals surface area contributed by atoms with Crippen LogP contribution in [0.4, 0.5) is 0 Å². The summed E-state index contributed by atoms with van der Waals surface area (Å²) in [5.41, 5.74) is 4.50. The van der Waals surface area contributed by atoms with E-state index in [1.54, 1.807) is 11.1 Å². The quantitative estimate of drug-likeness (QED) is 0.703. The molecule has 16 heavy (non-hydrogen) atoms. The molecule has 0 amide bonds. The van der Waals surface area contributed by atoms with Crippen LogP contribution in [0.25, 0.3) is 0 Å². The monoisotopic (exact) mass is 292 g/mol. The molecule has 1 aliphatic rings. The maximum atomic E-state index is 3.79. The highest BCUT2D eigenvalue weighted by Crippen LogP contribution is 2.35. The normalized spacial score (nSPS) is 16.1. The Balaban J connectivity index is 1.95. The molecule has 0 saturated heterocycles. The minimum absolute atomic E-state index is 0.360. The highest BCUT2D eigenvalue weighted by Gasteiger charge is 2.15. The largest absolute Gasteiger partial charge is 0.147 e. The molecule has 0 aliphatic heterocycles. The van der Waals surface area contributed by atoms with Gasteiger partial charge in [0.15, 0.2) is 0 Å². The Morgan fingerprint density at radius 1 is 1.12 bits per heavy atom. The van der Waals surface area contributed by atoms with E-state index in [-0.39, 0.29) is 0 Å². The van der Waals surface area contributed by atoms with E-state index in [1.165, 1.54) is 29.7 Å². The van der Waals surface area contributed by atoms with E-state index < -0.39 is 0 Å². The molecule has 0 bridgehead atoms. The Morgan fingerprint density at radius 3 is 2.81 bits per heavy atom. The molecule has 3 rings (SSSR count). The highest BCUT2D eigenvalue weighted by molar-refractivity contribution is 9.09. The van der Waals surface area contributed by atoms with Gasteiger partial charge < -0.3 is 0 Å². The molecule has 82 valence electrons. The fourth-order valence-corrected chi connectivity index (χ4v) is 3.84. The zero-order valence-electron chi connectivity index (χ0n) is 8.95. The number of thiophene rings is 1. The van der Waals surface area contributed by atoms with Crippen LogP contribution in [-0.4, -0.2) is 0 Å². The molecule has 2 aromatic rings. The first kappa shape index (κ1) is 10.5. The number of hydrogen-bond acceptors (Lipinski definition) is 1. The van der Waals surface area contributed by atoms with Crippen LogP contribution in [0.5, 0.6) is 0 Å². The lowest BCUT2D eigenvalue weighted by molar-refractivity contribution is 0.911. The molecule has 1 heterocycles. The molecule has 1 aliphatic carbocycles. The molecule has 2 heteroatoms. The van der Waals surface area contributed by atoms with Crippen LogP contribution in [0.15, 0.2) is 35.7 Å². The number of alkyl halides is 1. The van der Waals surface area contributed by atoms with Crippen molar-refractivity contribution in [2.45, 2.75) is 24.1 Å². The van der Waals surface area contributed by atoms with Gasteiger partial charge in [0, 0.05) is 4.88 Å². The van der Waals surface area contributed by atoms with E-state index in [0.29, 0.717) is 4.83 Å². The first-order chi connectivity index (χ1) is 7.84. The topological polar surface area (TPSA) is 0 Å². The summed E-state index contributed by atoms with van der Waals surface area (Å²) < 4.78 is 0. The third kappa shape index (κ3) is 1.85. The van der Waals surface area contributed by atoms with Gasteiger partial charge in [0.25, 0.3) is 0 Å². The average Bonchev–Trinajstić information content (AvgIpc) is 2.98. The number of benzene rings is 1. The molecule has 1 atom stereocenters. The first-order valence-corrected chi connectivity index (χ1v) is 7.43. The summed E-state index contributed by atoms with van der Waals surface area (Å²) in [4.78, 5) is 1.75. The van der Waals surface area contributed by atoms with Crippen LogP contribution in [0.1, 0.15) is 32.8 Å². The zero-order valence-corrected chi connectivity index (χ0v) is 11.4. The lowest BCUT2D eigenvalue weighted by Gasteiger charge is -2.10. The highest BCUT2D eigenvalue weighted by atomic mass is 79.9. The van der Waals surface area contributed by atoms with Crippen molar-refractivity contribution in [1.29, 1.82) is 0 Å². The Labute approximate surface area is 108 Å². The Hall–Kier alpha value is -0.600. The molecular weight excluding hydrogens is 280 g/mol. The van der Waals surface area contributed by atoms with Gasteiger partial charge in [-0.05, 0) is 47.4 Å². The fraction of sp³-hybridized carbons (Fsp3) is 0.286. The van der Waals surface area contributed by atoms with Gasteiger partial charge >= 0.3 is 0 Å². The maximum absolute atomic E-state index is 3.79. The predicted molar refractivity (Wildman–Crippen MR) is 73.6 cm³/mol. The molecular formula is C14H13BrS. The fourth-order valence-electron chi connectivity index (χ4n) is 2.35. The molecule has 1 unspecified atom stereocenters. The summed E-state index contributed by atoms with van der Waals surface area (Å²) in [7, 11) is 0. The minimum atomic E-state index is 0.360. The smallest absolute Gasteiger partial charge is 0.0738 e. The molecule has 0 radical (unpaired) electrons. The van der Waals surface area contributed by atoms with Gasteiger partial charge in [-0.3, -0.25) is 0 Å². The van der Waals surface area contributed by atoms with E-state index in [1.807, 2.05) is 11.3 Å². The van der Waals surface area contributed by atoms with Crippen molar-refractivity contribution in [1.82, 2.24) is 0 Å². The second-order valence-corrected chi connectivity index (χ2v) is 6.15. The van der Waals surface area contributed by atoms with Crippen LogP contribution < -0.4 is 0 Å². The van der Waals surface area contributed by atoms with Crippen LogP contribution in [0, 0.1) is 0 Å². The molecule has 0 saturated carbocycles. The number of rotatable bonds is 2.